The predicted octanol–water partition coefficient (Wildman–Crippen LogP) is 2.81. The molecule has 1 aliphatic rings. The molecule has 3 unspecified atom stereocenters. The van der Waals surface area contributed by atoms with Crippen LogP contribution >= 0.6 is 0 Å². The van der Waals surface area contributed by atoms with E-state index in [4.69, 9.17) is 4.42 Å². The second-order valence-corrected chi connectivity index (χ2v) is 6.27. The minimum atomic E-state index is -0.261. The number of likely N-dealkylation sites (tertiary alicyclic amines) is 1. The molecule has 1 N–H and O–H groups in total. The number of aliphatic hydroxyl groups excluding tert-OH is 1. The van der Waals surface area contributed by atoms with E-state index in [0.717, 1.165) is 25.1 Å². The fourth-order valence-corrected chi connectivity index (χ4v) is 2.93. The standard InChI is InChI=1S/C17H23N3O2/c1-11-4-6-14(7-5-11)17-19-18-16(22-17)12(2)20-9-8-15(10-20)13(3)21/h4-7,12-13,15,21H,8-10H2,1-3H3. The first kappa shape index (κ1) is 15.2. The van der Waals surface area contributed by atoms with Crippen LogP contribution in [0.25, 0.3) is 11.5 Å². The summed E-state index contributed by atoms with van der Waals surface area (Å²) in [5, 5.41) is 18.1. The number of aliphatic hydroxyl groups is 1. The van der Waals surface area contributed by atoms with Gasteiger partial charge in [0.05, 0.1) is 12.1 Å². The number of benzene rings is 1. The van der Waals surface area contributed by atoms with Crippen LogP contribution in [0, 0.1) is 12.8 Å². The maximum absolute atomic E-state index is 9.72. The first-order valence-corrected chi connectivity index (χ1v) is 7.87. The van der Waals surface area contributed by atoms with Crippen molar-refractivity contribution in [1.82, 2.24) is 15.1 Å². The molecule has 0 saturated carbocycles. The van der Waals surface area contributed by atoms with E-state index in [1.165, 1.54) is 5.56 Å². The highest BCUT2D eigenvalue weighted by molar-refractivity contribution is 5.52. The normalized spacial score (nSPS) is 21.9. The Morgan fingerprint density at radius 2 is 1.95 bits per heavy atom. The average Bonchev–Trinajstić information content (AvgIpc) is 3.17. The summed E-state index contributed by atoms with van der Waals surface area (Å²) in [6.45, 7) is 7.83. The van der Waals surface area contributed by atoms with Crippen molar-refractivity contribution in [3.63, 3.8) is 0 Å². The van der Waals surface area contributed by atoms with Gasteiger partial charge < -0.3 is 9.52 Å². The van der Waals surface area contributed by atoms with E-state index in [1.54, 1.807) is 0 Å². The lowest BCUT2D eigenvalue weighted by atomic mass is 10.0. The number of rotatable bonds is 4. The Hall–Kier alpha value is -1.72. The monoisotopic (exact) mass is 301 g/mol. The number of hydrogen-bond donors (Lipinski definition) is 1. The zero-order valence-corrected chi connectivity index (χ0v) is 13.4. The highest BCUT2D eigenvalue weighted by Gasteiger charge is 2.31. The van der Waals surface area contributed by atoms with Crippen molar-refractivity contribution in [2.24, 2.45) is 5.92 Å². The van der Waals surface area contributed by atoms with Crippen molar-refractivity contribution in [3.05, 3.63) is 35.7 Å². The lowest BCUT2D eigenvalue weighted by molar-refractivity contribution is 0.120. The molecule has 0 bridgehead atoms. The van der Waals surface area contributed by atoms with Gasteiger partial charge in [-0.2, -0.15) is 0 Å². The van der Waals surface area contributed by atoms with Gasteiger partial charge in [-0.05, 0) is 51.8 Å². The van der Waals surface area contributed by atoms with Gasteiger partial charge in [0.2, 0.25) is 11.8 Å². The predicted molar refractivity (Wildman–Crippen MR) is 84.2 cm³/mol. The van der Waals surface area contributed by atoms with Crippen molar-refractivity contribution in [1.29, 1.82) is 0 Å². The third-order valence-electron chi connectivity index (χ3n) is 4.58. The molecule has 0 aliphatic carbocycles. The molecule has 1 saturated heterocycles. The van der Waals surface area contributed by atoms with Crippen LogP contribution in [0.15, 0.2) is 28.7 Å². The van der Waals surface area contributed by atoms with Crippen molar-refractivity contribution in [2.75, 3.05) is 13.1 Å². The van der Waals surface area contributed by atoms with Crippen molar-refractivity contribution in [3.8, 4) is 11.5 Å². The van der Waals surface area contributed by atoms with Gasteiger partial charge >= 0.3 is 0 Å². The maximum atomic E-state index is 9.72. The molecule has 22 heavy (non-hydrogen) atoms. The molecule has 1 aliphatic heterocycles. The quantitative estimate of drug-likeness (QED) is 0.941. The highest BCUT2D eigenvalue weighted by Crippen LogP contribution is 2.29. The zero-order chi connectivity index (χ0) is 15.7. The highest BCUT2D eigenvalue weighted by atomic mass is 16.4. The summed E-state index contributed by atoms with van der Waals surface area (Å²) in [6, 6.07) is 8.15. The summed E-state index contributed by atoms with van der Waals surface area (Å²) < 4.78 is 5.85. The second-order valence-electron chi connectivity index (χ2n) is 6.27. The summed E-state index contributed by atoms with van der Waals surface area (Å²) in [7, 11) is 0. The Morgan fingerprint density at radius 1 is 1.23 bits per heavy atom. The van der Waals surface area contributed by atoms with Crippen LogP contribution in [0.3, 0.4) is 0 Å². The Balaban J connectivity index is 1.72. The van der Waals surface area contributed by atoms with Gasteiger partial charge in [-0.15, -0.1) is 10.2 Å². The summed E-state index contributed by atoms with van der Waals surface area (Å²) in [6.07, 6.45) is 0.754. The summed E-state index contributed by atoms with van der Waals surface area (Å²) >= 11 is 0. The van der Waals surface area contributed by atoms with E-state index in [0.29, 0.717) is 17.7 Å². The second kappa shape index (κ2) is 6.18. The van der Waals surface area contributed by atoms with Gasteiger partial charge in [-0.25, -0.2) is 0 Å². The van der Waals surface area contributed by atoms with Gasteiger partial charge in [0, 0.05) is 12.1 Å². The molecule has 118 valence electrons. The van der Waals surface area contributed by atoms with Gasteiger partial charge in [-0.1, -0.05) is 17.7 Å². The molecule has 5 heteroatoms. The van der Waals surface area contributed by atoms with Crippen LogP contribution in [0.2, 0.25) is 0 Å². The van der Waals surface area contributed by atoms with Crippen LogP contribution < -0.4 is 0 Å². The van der Waals surface area contributed by atoms with Gasteiger partial charge in [0.15, 0.2) is 0 Å². The molecule has 1 aromatic carbocycles. The Labute approximate surface area is 131 Å². The molecular weight excluding hydrogens is 278 g/mol. The van der Waals surface area contributed by atoms with E-state index in [1.807, 2.05) is 31.2 Å². The fraction of sp³-hybridized carbons (Fsp3) is 0.529. The zero-order valence-electron chi connectivity index (χ0n) is 13.4. The van der Waals surface area contributed by atoms with Crippen LogP contribution in [-0.2, 0) is 0 Å². The molecule has 0 spiro atoms. The largest absolute Gasteiger partial charge is 0.419 e. The fourth-order valence-electron chi connectivity index (χ4n) is 2.93. The summed E-state index contributed by atoms with van der Waals surface area (Å²) in [4.78, 5) is 2.30. The van der Waals surface area contributed by atoms with Crippen LogP contribution in [0.4, 0.5) is 0 Å². The minimum Gasteiger partial charge on any atom is -0.419 e. The molecule has 2 heterocycles. The Morgan fingerprint density at radius 3 is 2.59 bits per heavy atom. The van der Waals surface area contributed by atoms with Gasteiger partial charge in [-0.3, -0.25) is 4.90 Å². The lowest BCUT2D eigenvalue weighted by Crippen LogP contribution is -2.27. The minimum absolute atomic E-state index is 0.0791. The van der Waals surface area contributed by atoms with Crippen LogP contribution in [-0.4, -0.2) is 39.4 Å². The van der Waals surface area contributed by atoms with Gasteiger partial charge in [0.1, 0.15) is 0 Å². The molecule has 0 amide bonds. The third-order valence-corrected chi connectivity index (χ3v) is 4.58. The van der Waals surface area contributed by atoms with E-state index < -0.39 is 0 Å². The first-order valence-electron chi connectivity index (χ1n) is 7.87. The van der Waals surface area contributed by atoms with E-state index in [-0.39, 0.29) is 12.1 Å². The molecule has 3 atom stereocenters. The number of aryl methyl sites for hydroxylation is 1. The summed E-state index contributed by atoms with van der Waals surface area (Å²) in [5.74, 6) is 1.54. The molecule has 0 radical (unpaired) electrons. The molecule has 2 aromatic rings. The third kappa shape index (κ3) is 3.05. The van der Waals surface area contributed by atoms with E-state index >= 15 is 0 Å². The molecule has 5 nitrogen and oxygen atoms in total. The molecule has 1 fully saturated rings. The summed E-state index contributed by atoms with van der Waals surface area (Å²) in [5.41, 5.74) is 2.15. The van der Waals surface area contributed by atoms with E-state index in [9.17, 15) is 5.11 Å². The lowest BCUT2D eigenvalue weighted by Gasteiger charge is -2.21. The maximum Gasteiger partial charge on any atom is 0.247 e. The number of hydrogen-bond acceptors (Lipinski definition) is 5. The Bertz CT molecular complexity index is 621. The molecule has 1 aromatic heterocycles. The van der Waals surface area contributed by atoms with Crippen molar-refractivity contribution < 1.29 is 9.52 Å². The van der Waals surface area contributed by atoms with E-state index in [2.05, 4.69) is 28.9 Å². The average molecular weight is 301 g/mol. The van der Waals surface area contributed by atoms with Crippen LogP contribution in [0.1, 0.15) is 37.8 Å². The smallest absolute Gasteiger partial charge is 0.247 e. The Kier molecular flexibility index (Phi) is 4.27. The molecular formula is C17H23N3O2. The first-order chi connectivity index (χ1) is 10.5. The van der Waals surface area contributed by atoms with Crippen LogP contribution in [0.5, 0.6) is 0 Å². The number of aromatic nitrogens is 2. The molecule has 3 rings (SSSR count). The SMILES string of the molecule is Cc1ccc(-c2nnc(C(C)N3CCC(C(C)O)C3)o2)cc1. The van der Waals surface area contributed by atoms with Crippen molar-refractivity contribution >= 4 is 0 Å². The van der Waals surface area contributed by atoms with Crippen molar-refractivity contribution in [2.45, 2.75) is 39.3 Å². The topological polar surface area (TPSA) is 62.4 Å². The number of nitrogens with zero attached hydrogens (tertiary/aromatic N) is 3. The van der Waals surface area contributed by atoms with Gasteiger partial charge in [0.25, 0.3) is 0 Å².